The summed E-state index contributed by atoms with van der Waals surface area (Å²) in [7, 11) is -4.19. The summed E-state index contributed by atoms with van der Waals surface area (Å²) >= 11 is 0.978. The predicted molar refractivity (Wildman–Crippen MR) is 47.4 cm³/mol. The van der Waals surface area contributed by atoms with Gasteiger partial charge >= 0.3 is 0 Å². The van der Waals surface area contributed by atoms with E-state index < -0.39 is 22.0 Å². The summed E-state index contributed by atoms with van der Waals surface area (Å²) in [5.41, 5.74) is 0.278. The fourth-order valence-electron chi connectivity index (χ4n) is 0.809. The van der Waals surface area contributed by atoms with Crippen LogP contribution in [-0.2, 0) is 10.1 Å². The summed E-state index contributed by atoms with van der Waals surface area (Å²) in [5, 5.41) is 19.5. The topological polar surface area (TPSA) is 94.8 Å². The summed E-state index contributed by atoms with van der Waals surface area (Å²) in [6.45, 7) is 0. The van der Waals surface area contributed by atoms with Crippen LogP contribution in [0, 0.1) is 0 Å². The number of hydrogen-bond donors (Lipinski definition) is 3. The van der Waals surface area contributed by atoms with Gasteiger partial charge in [0.05, 0.1) is 6.10 Å². The SMILES string of the molecule is O=S(=O)(O)CC(O)c1csc(O)c1. The summed E-state index contributed by atoms with van der Waals surface area (Å²) in [6, 6.07) is 1.25. The van der Waals surface area contributed by atoms with Crippen molar-refractivity contribution in [2.24, 2.45) is 0 Å². The van der Waals surface area contributed by atoms with Gasteiger partial charge in [-0.15, -0.1) is 11.3 Å². The van der Waals surface area contributed by atoms with Gasteiger partial charge in [0.15, 0.2) is 5.06 Å². The third kappa shape index (κ3) is 3.31. The maximum Gasteiger partial charge on any atom is 0.267 e. The Bertz CT molecular complexity index is 379. The zero-order valence-corrected chi connectivity index (χ0v) is 8.05. The molecule has 0 aliphatic rings. The molecule has 1 heterocycles. The van der Waals surface area contributed by atoms with Gasteiger partial charge in [0.1, 0.15) is 5.75 Å². The van der Waals surface area contributed by atoms with Crippen molar-refractivity contribution in [2.45, 2.75) is 6.10 Å². The molecule has 1 aromatic rings. The van der Waals surface area contributed by atoms with Crippen molar-refractivity contribution in [2.75, 3.05) is 5.75 Å². The van der Waals surface area contributed by atoms with Crippen LogP contribution in [0.4, 0.5) is 0 Å². The van der Waals surface area contributed by atoms with Crippen molar-refractivity contribution in [3.8, 4) is 5.06 Å². The molecule has 0 saturated carbocycles. The van der Waals surface area contributed by atoms with E-state index in [4.69, 9.17) is 9.66 Å². The van der Waals surface area contributed by atoms with Crippen molar-refractivity contribution >= 4 is 21.5 Å². The predicted octanol–water partition coefficient (Wildman–Crippen LogP) is 0.375. The molecule has 5 nitrogen and oxygen atoms in total. The molecule has 0 amide bonds. The first-order valence-electron chi connectivity index (χ1n) is 3.29. The van der Waals surface area contributed by atoms with E-state index in [0.29, 0.717) is 0 Å². The van der Waals surface area contributed by atoms with Crippen LogP contribution in [0.5, 0.6) is 5.06 Å². The first-order chi connectivity index (χ1) is 5.88. The number of aliphatic hydroxyl groups is 1. The van der Waals surface area contributed by atoms with Gasteiger partial charge < -0.3 is 10.2 Å². The fourth-order valence-corrected chi connectivity index (χ4v) is 2.09. The number of thiophene rings is 1. The molecule has 1 unspecified atom stereocenters. The highest BCUT2D eigenvalue weighted by molar-refractivity contribution is 7.85. The van der Waals surface area contributed by atoms with Gasteiger partial charge in [-0.05, 0) is 11.6 Å². The molecule has 3 N–H and O–H groups in total. The van der Waals surface area contributed by atoms with Gasteiger partial charge in [-0.25, -0.2) is 0 Å². The maximum atomic E-state index is 10.4. The summed E-state index contributed by atoms with van der Waals surface area (Å²) in [6.07, 6.45) is -1.30. The van der Waals surface area contributed by atoms with Crippen LogP contribution in [0.25, 0.3) is 0 Å². The molecule has 1 rings (SSSR count). The van der Waals surface area contributed by atoms with E-state index in [2.05, 4.69) is 0 Å². The van der Waals surface area contributed by atoms with E-state index in [9.17, 15) is 13.5 Å². The molecule has 13 heavy (non-hydrogen) atoms. The number of aromatic hydroxyl groups is 1. The Morgan fingerprint density at radius 3 is 2.54 bits per heavy atom. The Morgan fingerprint density at radius 2 is 2.15 bits per heavy atom. The van der Waals surface area contributed by atoms with Crippen molar-refractivity contribution in [1.82, 2.24) is 0 Å². The molecule has 0 bridgehead atoms. The Balaban J connectivity index is 2.75. The molecular weight excluding hydrogens is 216 g/mol. The van der Waals surface area contributed by atoms with E-state index in [-0.39, 0.29) is 10.6 Å². The van der Waals surface area contributed by atoms with Gasteiger partial charge in [-0.2, -0.15) is 8.42 Å². The second-order valence-electron chi connectivity index (χ2n) is 2.48. The number of rotatable bonds is 3. The Kier molecular flexibility index (Phi) is 2.91. The quantitative estimate of drug-likeness (QED) is 0.645. The average Bonchev–Trinajstić information content (AvgIpc) is 2.31. The lowest BCUT2D eigenvalue weighted by atomic mass is 10.2. The van der Waals surface area contributed by atoms with E-state index in [1.54, 1.807) is 0 Å². The second kappa shape index (κ2) is 3.62. The highest BCUT2D eigenvalue weighted by Crippen LogP contribution is 2.26. The number of aliphatic hydroxyl groups excluding tert-OH is 1. The third-order valence-electron chi connectivity index (χ3n) is 1.36. The van der Waals surface area contributed by atoms with Crippen LogP contribution in [0.3, 0.4) is 0 Å². The maximum absolute atomic E-state index is 10.4. The zero-order chi connectivity index (χ0) is 10.1. The highest BCUT2D eigenvalue weighted by Gasteiger charge is 2.17. The molecular formula is C6H8O5S2. The molecule has 0 fully saturated rings. The van der Waals surface area contributed by atoms with Crippen molar-refractivity contribution in [3.63, 3.8) is 0 Å². The first-order valence-corrected chi connectivity index (χ1v) is 5.78. The van der Waals surface area contributed by atoms with E-state index in [1.165, 1.54) is 11.4 Å². The third-order valence-corrected chi connectivity index (χ3v) is 2.85. The Hall–Kier alpha value is -0.630. The molecule has 0 spiro atoms. The van der Waals surface area contributed by atoms with E-state index in [0.717, 1.165) is 11.3 Å². The largest absolute Gasteiger partial charge is 0.499 e. The Morgan fingerprint density at radius 1 is 1.54 bits per heavy atom. The average molecular weight is 224 g/mol. The van der Waals surface area contributed by atoms with Crippen LogP contribution >= 0.6 is 11.3 Å². The number of hydrogen-bond acceptors (Lipinski definition) is 5. The molecule has 7 heteroatoms. The molecule has 0 aliphatic heterocycles. The van der Waals surface area contributed by atoms with Gasteiger partial charge in [-0.1, -0.05) is 0 Å². The minimum Gasteiger partial charge on any atom is -0.499 e. The zero-order valence-electron chi connectivity index (χ0n) is 6.41. The van der Waals surface area contributed by atoms with Gasteiger partial charge in [0.25, 0.3) is 10.1 Å². The molecule has 1 aromatic heterocycles. The van der Waals surface area contributed by atoms with Crippen LogP contribution in [0.15, 0.2) is 11.4 Å². The lowest BCUT2D eigenvalue weighted by molar-refractivity contribution is 0.199. The standard InChI is InChI=1S/C6H8O5S2/c7-5(3-13(9,10)11)4-1-6(8)12-2-4/h1-2,5,7-8H,3H2,(H,9,10,11). The lowest BCUT2D eigenvalue weighted by Crippen LogP contribution is -2.12. The van der Waals surface area contributed by atoms with Crippen LogP contribution in [-0.4, -0.2) is 28.9 Å². The normalized spacial score (nSPS) is 14.3. The Labute approximate surface area is 79.0 Å². The minimum atomic E-state index is -4.19. The van der Waals surface area contributed by atoms with Crippen molar-refractivity contribution < 1.29 is 23.2 Å². The van der Waals surface area contributed by atoms with Gasteiger partial charge in [0, 0.05) is 5.38 Å². The lowest BCUT2D eigenvalue weighted by Gasteiger charge is -2.04. The smallest absolute Gasteiger partial charge is 0.267 e. The van der Waals surface area contributed by atoms with Crippen LogP contribution in [0.2, 0.25) is 0 Å². The molecule has 74 valence electrons. The first kappa shape index (κ1) is 10.5. The summed E-state index contributed by atoms with van der Waals surface area (Å²) < 4.78 is 29.1. The van der Waals surface area contributed by atoms with Gasteiger partial charge in [0.2, 0.25) is 0 Å². The highest BCUT2D eigenvalue weighted by atomic mass is 32.2. The summed E-state index contributed by atoms with van der Waals surface area (Å²) in [5.74, 6) is -0.761. The van der Waals surface area contributed by atoms with E-state index in [1.807, 2.05) is 0 Å². The van der Waals surface area contributed by atoms with Gasteiger partial charge in [-0.3, -0.25) is 4.55 Å². The minimum absolute atomic E-state index is 0.00983. The van der Waals surface area contributed by atoms with Crippen LogP contribution < -0.4 is 0 Å². The molecule has 0 radical (unpaired) electrons. The molecule has 1 atom stereocenters. The molecule has 0 saturated heterocycles. The van der Waals surface area contributed by atoms with Crippen molar-refractivity contribution in [1.29, 1.82) is 0 Å². The summed E-state index contributed by atoms with van der Waals surface area (Å²) in [4.78, 5) is 0. The van der Waals surface area contributed by atoms with Crippen LogP contribution in [0.1, 0.15) is 11.7 Å². The monoisotopic (exact) mass is 224 g/mol. The molecule has 0 aliphatic carbocycles. The van der Waals surface area contributed by atoms with Crippen molar-refractivity contribution in [3.05, 3.63) is 17.0 Å². The van der Waals surface area contributed by atoms with E-state index >= 15 is 0 Å². The molecule has 0 aromatic carbocycles. The second-order valence-corrected chi connectivity index (χ2v) is 4.87. The fraction of sp³-hybridized carbons (Fsp3) is 0.333.